The molecule has 0 heterocycles. The molecule has 4 atom stereocenters. The summed E-state index contributed by atoms with van der Waals surface area (Å²) in [6.45, 7) is 3.86. The summed E-state index contributed by atoms with van der Waals surface area (Å²) < 4.78 is 0. The van der Waals surface area contributed by atoms with Crippen molar-refractivity contribution in [1.82, 2.24) is 46.6 Å². The number of carboxylic acid groups (broad SMARTS) is 3. The molecule has 4 unspecified atom stereocenters. The van der Waals surface area contributed by atoms with Gasteiger partial charge in [-0.25, -0.2) is 0 Å². The van der Waals surface area contributed by atoms with Gasteiger partial charge in [-0.1, -0.05) is 43.9 Å². The number of carbonyl (C=O) groups is 11. The predicted molar refractivity (Wildman–Crippen MR) is 246 cm³/mol. The van der Waals surface area contributed by atoms with Gasteiger partial charge in [-0.2, -0.15) is 0 Å². The van der Waals surface area contributed by atoms with Gasteiger partial charge in [-0.15, -0.1) is 0 Å². The van der Waals surface area contributed by atoms with Crippen LogP contribution in [-0.4, -0.2) is 194 Å². The van der Waals surface area contributed by atoms with Crippen molar-refractivity contribution >= 4 is 86.4 Å². The molecule has 0 saturated heterocycles. The first-order valence-corrected chi connectivity index (χ1v) is 22.6. The molecule has 23 nitrogen and oxygen atoms in total. The van der Waals surface area contributed by atoms with E-state index < -0.39 is 85.8 Å². The molecule has 0 fully saturated rings. The molecule has 0 spiro atoms. The largest absolute Gasteiger partial charge is 3.00 e. The smallest absolute Gasteiger partial charge is 0.549 e. The molecule has 0 rings (SSSR count). The molecule has 0 aromatic rings. The Bertz CT molecular complexity index is 1570. The standard InChI is InChI=1S/C38H65N9O14S2.3CH4.Gd/c1-24(39-6)7-9-31(51)43-29(37(60)40-15-26(3)48)22-62-63-23-30(38(61)41-16-27(4)49)44-32(52)10-8-25(2)42-33(53)18-47(21-36(58)59)14-12-45(19-34(54)55)11-13-46(17-28(5)50)20-35(56)57;;;;/h24-25,29-30,39H,7-23H2,1-6H3,(H,40,60)(H,41,61)(H,42,53)(H,43,51)(H,44,52)(H,54,55)(H,56,57)(H,58,59);3*1H4;/q;;;;+3/p-3. The minimum absolute atomic E-state index is 0. The van der Waals surface area contributed by atoms with Gasteiger partial charge in [-0.05, 0) is 54.5 Å². The Kier molecular flexibility index (Phi) is 45.1. The van der Waals surface area contributed by atoms with Crippen molar-refractivity contribution < 1.29 is 108 Å². The zero-order valence-corrected chi connectivity index (χ0v) is 41.0. The van der Waals surface area contributed by atoms with Gasteiger partial charge in [0.05, 0.1) is 44.1 Å². The molecule has 1 radical (unpaired) electrons. The number of Topliss-reactive ketones (excluding diaryl/α,β-unsaturated/α-hetero) is 3. The zero-order chi connectivity index (χ0) is 48.1. The Labute approximate surface area is 435 Å². The van der Waals surface area contributed by atoms with Crippen LogP contribution in [0.3, 0.4) is 0 Å². The molecule has 0 aliphatic rings. The van der Waals surface area contributed by atoms with Gasteiger partial charge >= 0.3 is 39.9 Å². The van der Waals surface area contributed by atoms with Crippen LogP contribution < -0.4 is 47.2 Å². The van der Waals surface area contributed by atoms with E-state index in [1.54, 1.807) is 14.0 Å². The third-order valence-electron chi connectivity index (χ3n) is 8.72. The summed E-state index contributed by atoms with van der Waals surface area (Å²) in [5.41, 5.74) is 0. The quantitative estimate of drug-likeness (QED) is 0.0251. The van der Waals surface area contributed by atoms with E-state index in [0.29, 0.717) is 6.42 Å². The fourth-order valence-corrected chi connectivity index (χ4v) is 7.69. The molecule has 6 N–H and O–H groups in total. The number of carboxylic acids is 3. The van der Waals surface area contributed by atoms with Crippen LogP contribution >= 0.6 is 21.6 Å². The molecule has 5 amide bonds. The van der Waals surface area contributed by atoms with Gasteiger partial charge in [0.15, 0.2) is 0 Å². The molecular weight excluding hydrogens is 1060 g/mol. The van der Waals surface area contributed by atoms with Crippen molar-refractivity contribution in [3.8, 4) is 0 Å². The molecule has 0 aliphatic heterocycles. The van der Waals surface area contributed by atoms with Crippen LogP contribution in [0.25, 0.3) is 0 Å². The first-order valence-electron chi connectivity index (χ1n) is 20.1. The maximum absolute atomic E-state index is 13.0. The van der Waals surface area contributed by atoms with Crippen LogP contribution in [-0.2, 0) is 52.7 Å². The molecule has 387 valence electrons. The summed E-state index contributed by atoms with van der Waals surface area (Å²) in [4.78, 5) is 137. The average Bonchev–Trinajstić information content (AvgIpc) is 3.17. The van der Waals surface area contributed by atoms with Crippen molar-refractivity contribution in [2.45, 2.75) is 107 Å². The van der Waals surface area contributed by atoms with Crippen LogP contribution in [0.2, 0.25) is 0 Å². The number of nitrogens with one attached hydrogen (secondary N) is 6. The zero-order valence-electron chi connectivity index (χ0n) is 37.1. The van der Waals surface area contributed by atoms with Gasteiger partial charge in [0, 0.05) is 82.2 Å². The van der Waals surface area contributed by atoms with Crippen molar-refractivity contribution in [1.29, 1.82) is 0 Å². The van der Waals surface area contributed by atoms with Gasteiger partial charge in [-0.3, -0.25) is 53.1 Å². The Morgan fingerprint density at radius 2 is 0.851 bits per heavy atom. The number of hydrogen-bond acceptors (Lipinski definition) is 20. The number of amides is 5. The topological polar surface area (TPSA) is 339 Å². The number of rotatable bonds is 37. The second-order valence-electron chi connectivity index (χ2n) is 14.9. The van der Waals surface area contributed by atoms with E-state index in [1.807, 2.05) is 6.92 Å². The van der Waals surface area contributed by atoms with Gasteiger partial charge in [0.2, 0.25) is 29.5 Å². The van der Waals surface area contributed by atoms with Gasteiger partial charge in [0.1, 0.15) is 29.4 Å². The molecule has 0 saturated carbocycles. The van der Waals surface area contributed by atoms with Gasteiger partial charge in [0.25, 0.3) is 0 Å². The second kappa shape index (κ2) is 41.6. The Morgan fingerprint density at radius 1 is 0.493 bits per heavy atom. The normalized spacial score (nSPS) is 12.3. The van der Waals surface area contributed by atoms with Crippen LogP contribution in [0.4, 0.5) is 0 Å². The van der Waals surface area contributed by atoms with Crippen LogP contribution in [0.1, 0.15) is 82.6 Å². The number of aliphatic carboxylic acids is 3. The van der Waals surface area contributed by atoms with E-state index in [1.165, 1.54) is 35.5 Å². The minimum atomic E-state index is -1.52. The first kappa shape index (κ1) is 72.6. The Balaban J connectivity index is -0.00000320. The summed E-state index contributed by atoms with van der Waals surface area (Å²) in [6, 6.07) is -2.73. The van der Waals surface area contributed by atoms with E-state index in [0.717, 1.165) is 21.6 Å². The maximum atomic E-state index is 13.0. The van der Waals surface area contributed by atoms with E-state index in [-0.39, 0.29) is 168 Å². The Hall–Kier alpha value is -3.37. The molecule has 0 bridgehead atoms. The van der Waals surface area contributed by atoms with Crippen molar-refractivity contribution in [2.24, 2.45) is 0 Å². The summed E-state index contributed by atoms with van der Waals surface area (Å²) in [5.74, 6) is -8.21. The molecule has 0 aliphatic carbocycles. The predicted octanol–water partition coefficient (Wildman–Crippen LogP) is -4.93. The molecule has 0 aromatic heterocycles. The summed E-state index contributed by atoms with van der Waals surface area (Å²) in [6.07, 6.45) is 0.552. The van der Waals surface area contributed by atoms with E-state index >= 15 is 0 Å². The maximum Gasteiger partial charge on any atom is 3.00 e. The molecule has 67 heavy (non-hydrogen) atoms. The van der Waals surface area contributed by atoms with Crippen molar-refractivity contribution in [2.75, 3.05) is 90.5 Å². The summed E-state index contributed by atoms with van der Waals surface area (Å²) in [7, 11) is 3.99. The number of hydrogen-bond donors (Lipinski definition) is 6. The molecule has 26 heteroatoms. The Morgan fingerprint density at radius 3 is 1.21 bits per heavy atom. The van der Waals surface area contributed by atoms with Crippen molar-refractivity contribution in [3.05, 3.63) is 0 Å². The average molecular weight is 1140 g/mol. The van der Waals surface area contributed by atoms with Crippen LogP contribution in [0.15, 0.2) is 0 Å². The van der Waals surface area contributed by atoms with E-state index in [4.69, 9.17) is 0 Å². The fraction of sp³-hybridized carbons (Fsp3) is 0.732. The van der Waals surface area contributed by atoms with Gasteiger partial charge < -0.3 is 61.6 Å². The number of carbonyl (C=O) groups excluding carboxylic acids is 11. The first-order chi connectivity index (χ1) is 29.5. The van der Waals surface area contributed by atoms with Crippen LogP contribution in [0, 0.1) is 39.9 Å². The van der Waals surface area contributed by atoms with Crippen molar-refractivity contribution in [3.63, 3.8) is 0 Å². The van der Waals surface area contributed by atoms with Crippen LogP contribution in [0.5, 0.6) is 0 Å². The van der Waals surface area contributed by atoms with E-state index in [2.05, 4.69) is 31.9 Å². The monoisotopic (exact) mass is 1140 g/mol. The SMILES string of the molecule is C.C.C.CNC(C)CCC(=O)NC(CSSCC(NC(=O)CCC(C)NC(=O)CN(CCN(CCN(CC(C)=O)CC(=O)[O-])CC(=O)[O-])CC(=O)[O-])C(=O)NCC(C)=O)C(=O)NCC(C)=O.[Gd+3]. The number of ketones is 3. The molecule has 0 aromatic carbocycles. The minimum Gasteiger partial charge on any atom is -0.549 e. The fourth-order valence-electron chi connectivity index (χ4n) is 5.36. The third-order valence-corrected chi connectivity index (χ3v) is 11.1. The number of nitrogens with zero attached hydrogens (tertiary/aromatic N) is 3. The summed E-state index contributed by atoms with van der Waals surface area (Å²) >= 11 is 0. The summed E-state index contributed by atoms with van der Waals surface area (Å²) in [5, 5.41) is 49.8. The molecular formula is C41H74GdN9O14S2. The third kappa shape index (κ3) is 40.3. The van der Waals surface area contributed by atoms with E-state index in [9.17, 15) is 68.1 Å². The second-order valence-corrected chi connectivity index (χ2v) is 17.5.